The third-order valence-electron chi connectivity index (χ3n) is 8.55. The molecular weight excluding hydrogens is 508 g/mol. The lowest BCUT2D eigenvalue weighted by Gasteiger charge is -2.60. The fourth-order valence-electron chi connectivity index (χ4n) is 7.24. The van der Waals surface area contributed by atoms with E-state index in [1.165, 1.54) is 6.42 Å². The monoisotopic (exact) mass is 548 g/mol. The highest BCUT2D eigenvalue weighted by Gasteiger charge is 2.55. The van der Waals surface area contributed by atoms with Crippen molar-refractivity contribution in [3.8, 4) is 17.6 Å². The van der Waals surface area contributed by atoms with Gasteiger partial charge in [-0.1, -0.05) is 0 Å². The zero-order valence-electron chi connectivity index (χ0n) is 24.0. The molecule has 1 amide bonds. The van der Waals surface area contributed by atoms with Gasteiger partial charge in [0.25, 0.3) is 0 Å². The molecule has 4 fully saturated rings. The van der Waals surface area contributed by atoms with Gasteiger partial charge in [0, 0.05) is 24.7 Å². The smallest absolute Gasteiger partial charge is 0.407 e. The predicted molar refractivity (Wildman–Crippen MR) is 151 cm³/mol. The average Bonchev–Trinajstić information content (AvgIpc) is 2.91. The van der Waals surface area contributed by atoms with Crippen LogP contribution in [0.5, 0.6) is 11.5 Å². The minimum atomic E-state index is -0.509. The first-order chi connectivity index (χ1) is 19.1. The van der Waals surface area contributed by atoms with E-state index >= 15 is 0 Å². The molecule has 3 N–H and O–H groups in total. The number of ether oxygens (including phenoxy) is 3. The summed E-state index contributed by atoms with van der Waals surface area (Å²) in [6.07, 6.45) is 6.79. The number of anilines is 2. The van der Waals surface area contributed by atoms with Crippen molar-refractivity contribution in [3.05, 3.63) is 35.5 Å². The normalized spacial score (nSPS) is 26.5. The Morgan fingerprint density at radius 1 is 1.12 bits per heavy atom. The van der Waals surface area contributed by atoms with Crippen LogP contribution in [0.3, 0.4) is 0 Å². The number of rotatable bonds is 9. The lowest BCUT2D eigenvalue weighted by atomic mass is 9.48. The quantitative estimate of drug-likeness (QED) is 0.391. The average molecular weight is 549 g/mol. The molecule has 4 bridgehead atoms. The highest BCUT2D eigenvalue weighted by atomic mass is 16.6. The molecule has 0 spiro atoms. The molecule has 0 saturated heterocycles. The third kappa shape index (κ3) is 6.03. The summed E-state index contributed by atoms with van der Waals surface area (Å²) in [4.78, 5) is 21.6. The van der Waals surface area contributed by atoms with Crippen LogP contribution in [0.4, 0.5) is 16.6 Å². The Labute approximate surface area is 236 Å². The van der Waals surface area contributed by atoms with Gasteiger partial charge in [-0.2, -0.15) is 10.2 Å². The molecule has 10 heteroatoms. The molecule has 1 unspecified atom stereocenters. The molecule has 10 nitrogen and oxygen atoms in total. The van der Waals surface area contributed by atoms with Gasteiger partial charge in [0.2, 0.25) is 5.95 Å². The lowest BCUT2D eigenvalue weighted by molar-refractivity contribution is -0.0703. The number of carbonyl (C=O) groups is 1. The van der Waals surface area contributed by atoms with Crippen molar-refractivity contribution in [2.45, 2.75) is 71.1 Å². The zero-order chi connectivity index (χ0) is 28.5. The number of nitriles is 1. The fourth-order valence-corrected chi connectivity index (χ4v) is 7.24. The minimum absolute atomic E-state index is 0.127. The first-order valence-electron chi connectivity index (χ1n) is 14.1. The summed E-state index contributed by atoms with van der Waals surface area (Å²) in [7, 11) is 3.26. The molecule has 4 aliphatic carbocycles. The summed E-state index contributed by atoms with van der Waals surface area (Å²) in [6, 6.07) is 8.01. The van der Waals surface area contributed by atoms with Crippen LogP contribution < -0.4 is 25.4 Å². The van der Waals surface area contributed by atoms with Gasteiger partial charge < -0.3 is 30.2 Å². The van der Waals surface area contributed by atoms with Crippen molar-refractivity contribution in [3.63, 3.8) is 0 Å². The number of amides is 1. The predicted octanol–water partition coefficient (Wildman–Crippen LogP) is 5.11. The van der Waals surface area contributed by atoms with Crippen LogP contribution in [0.1, 0.15) is 64.0 Å². The number of hydrogen-bond donors (Lipinski definition) is 3. The van der Waals surface area contributed by atoms with Gasteiger partial charge in [-0.05, 0) is 94.2 Å². The van der Waals surface area contributed by atoms with Gasteiger partial charge in [0.15, 0.2) is 0 Å². The van der Waals surface area contributed by atoms with Crippen molar-refractivity contribution in [1.82, 2.24) is 15.3 Å². The first kappa shape index (κ1) is 27.8. The minimum Gasteiger partial charge on any atom is -0.497 e. The van der Waals surface area contributed by atoms with E-state index in [-0.39, 0.29) is 17.6 Å². The van der Waals surface area contributed by atoms with E-state index in [0.29, 0.717) is 41.6 Å². The molecule has 1 heterocycles. The fraction of sp³-hybridized carbons (Fsp3) is 0.600. The van der Waals surface area contributed by atoms with E-state index in [1.807, 2.05) is 39.0 Å². The lowest BCUT2D eigenvalue weighted by Crippen LogP contribution is -2.60. The number of methoxy groups -OCH3 is 2. The maximum atomic E-state index is 12.5. The number of hydrogen-bond acceptors (Lipinski definition) is 9. The van der Waals surface area contributed by atoms with Crippen LogP contribution in [-0.4, -0.2) is 48.5 Å². The summed E-state index contributed by atoms with van der Waals surface area (Å²) in [5.74, 6) is 4.00. The molecule has 0 aliphatic heterocycles. The molecule has 2 aromatic rings. The van der Waals surface area contributed by atoms with E-state index < -0.39 is 5.60 Å². The molecular formula is C30H40N6O4. The van der Waals surface area contributed by atoms with Gasteiger partial charge in [-0.15, -0.1) is 0 Å². The molecule has 5 atom stereocenters. The standard InChI is InChI=1S/C30H40N6O4/c1-29(2,3)40-28(37)35-25-19-8-18-9-20(25)13-30(11-18,12-19)17-34-26-22(14-31)16-33-27(36-26)32-15-21-10-23(38-4)6-7-24(21)39-5/h6-7,10,16,18-20,25H,8-9,11-13,15,17H2,1-5H3,(H,35,37)(H2,32,33,34,36)/t18?,19-,20+,25-,30-. The second-order valence-electron chi connectivity index (χ2n) is 12.6. The summed E-state index contributed by atoms with van der Waals surface area (Å²) >= 11 is 0. The van der Waals surface area contributed by atoms with E-state index in [0.717, 1.165) is 49.3 Å². The highest BCUT2D eigenvalue weighted by molar-refractivity contribution is 5.68. The van der Waals surface area contributed by atoms with Gasteiger partial charge >= 0.3 is 6.09 Å². The van der Waals surface area contributed by atoms with Crippen LogP contribution >= 0.6 is 0 Å². The molecule has 40 heavy (non-hydrogen) atoms. The Balaban J connectivity index is 1.25. The summed E-state index contributed by atoms with van der Waals surface area (Å²) < 4.78 is 16.4. The van der Waals surface area contributed by atoms with Crippen LogP contribution in [0.15, 0.2) is 24.4 Å². The third-order valence-corrected chi connectivity index (χ3v) is 8.55. The van der Waals surface area contributed by atoms with Crippen molar-refractivity contribution < 1.29 is 19.0 Å². The second-order valence-corrected chi connectivity index (χ2v) is 12.6. The van der Waals surface area contributed by atoms with Gasteiger partial charge in [0.05, 0.1) is 20.4 Å². The molecule has 6 rings (SSSR count). The number of aromatic nitrogens is 2. The van der Waals surface area contributed by atoms with Crippen LogP contribution in [0, 0.1) is 34.5 Å². The number of nitrogens with one attached hydrogen (secondary N) is 3. The van der Waals surface area contributed by atoms with Crippen LogP contribution in [0.2, 0.25) is 0 Å². The summed E-state index contributed by atoms with van der Waals surface area (Å²) in [5, 5.41) is 19.7. The maximum absolute atomic E-state index is 12.5. The molecule has 1 aromatic heterocycles. The molecule has 4 aliphatic rings. The summed E-state index contributed by atoms with van der Waals surface area (Å²) in [6.45, 7) is 6.85. The highest BCUT2D eigenvalue weighted by Crippen LogP contribution is 2.60. The number of nitrogens with zero attached hydrogens (tertiary/aromatic N) is 3. The Bertz CT molecular complexity index is 1270. The van der Waals surface area contributed by atoms with Crippen molar-refractivity contribution >= 4 is 17.9 Å². The van der Waals surface area contributed by atoms with Gasteiger partial charge in [-0.25, -0.2) is 9.78 Å². The number of carbonyl (C=O) groups excluding carboxylic acids is 1. The van der Waals surface area contributed by atoms with Crippen molar-refractivity contribution in [2.24, 2.45) is 23.2 Å². The van der Waals surface area contributed by atoms with E-state index in [4.69, 9.17) is 14.2 Å². The van der Waals surface area contributed by atoms with E-state index in [2.05, 4.69) is 32.0 Å². The number of benzene rings is 1. The van der Waals surface area contributed by atoms with Crippen LogP contribution in [0.25, 0.3) is 0 Å². The Morgan fingerprint density at radius 3 is 2.52 bits per heavy atom. The Morgan fingerprint density at radius 2 is 1.88 bits per heavy atom. The molecule has 4 saturated carbocycles. The number of alkyl carbamates (subject to hydrolysis) is 1. The SMILES string of the molecule is COc1ccc(OC)c(CNc2ncc(C#N)c(NC[C@]34CC5C[C@H](C3)[C@@H](NC(=O)OC(C)(C)C)[C@@H](C5)C4)n2)c1. The Kier molecular flexibility index (Phi) is 7.67. The molecule has 214 valence electrons. The zero-order valence-corrected chi connectivity index (χ0v) is 24.0. The molecule has 0 radical (unpaired) electrons. The van der Waals surface area contributed by atoms with Gasteiger partial charge in [-0.3, -0.25) is 0 Å². The second kappa shape index (κ2) is 11.0. The van der Waals surface area contributed by atoms with Crippen LogP contribution in [-0.2, 0) is 11.3 Å². The van der Waals surface area contributed by atoms with E-state index in [1.54, 1.807) is 20.4 Å². The largest absolute Gasteiger partial charge is 0.497 e. The Hall–Kier alpha value is -3.74. The van der Waals surface area contributed by atoms with E-state index in [9.17, 15) is 10.1 Å². The summed E-state index contributed by atoms with van der Waals surface area (Å²) in [5.41, 5.74) is 0.943. The van der Waals surface area contributed by atoms with Crippen molar-refractivity contribution in [2.75, 3.05) is 31.4 Å². The first-order valence-corrected chi connectivity index (χ1v) is 14.1. The maximum Gasteiger partial charge on any atom is 0.407 e. The molecule has 1 aromatic carbocycles. The van der Waals surface area contributed by atoms with Crippen molar-refractivity contribution in [1.29, 1.82) is 5.26 Å². The topological polar surface area (TPSA) is 130 Å². The van der Waals surface area contributed by atoms with Gasteiger partial charge in [0.1, 0.15) is 34.6 Å².